The molecule has 3 atom stereocenters. The minimum absolute atomic E-state index is 0.00864. The normalized spacial score (nSPS) is 32.7. The highest BCUT2D eigenvalue weighted by atomic mass is 16.2. The van der Waals surface area contributed by atoms with Gasteiger partial charge in [-0.05, 0) is 19.3 Å². The summed E-state index contributed by atoms with van der Waals surface area (Å²) in [5, 5.41) is 5.79. The lowest BCUT2D eigenvalue weighted by atomic mass is 9.94. The van der Waals surface area contributed by atoms with Gasteiger partial charge in [0.05, 0.1) is 5.92 Å². The minimum atomic E-state index is -0.0513. The molecule has 0 aromatic carbocycles. The molecule has 1 aliphatic heterocycles. The van der Waals surface area contributed by atoms with Gasteiger partial charge in [0.25, 0.3) is 0 Å². The van der Waals surface area contributed by atoms with E-state index in [0.717, 1.165) is 32.1 Å². The number of carbonyl (C=O) groups excluding carboxylic acids is 2. The van der Waals surface area contributed by atoms with E-state index in [0.29, 0.717) is 13.0 Å². The maximum Gasteiger partial charge on any atom is 0.224 e. The van der Waals surface area contributed by atoms with Gasteiger partial charge in [0.2, 0.25) is 11.8 Å². The Kier molecular flexibility index (Phi) is 4.58. The van der Waals surface area contributed by atoms with E-state index < -0.39 is 0 Å². The fraction of sp³-hybridized carbons (Fsp3) is 0.846. The third kappa shape index (κ3) is 3.45. The zero-order valence-corrected chi connectivity index (χ0v) is 10.8. The van der Waals surface area contributed by atoms with Crippen LogP contribution in [0, 0.1) is 5.92 Å². The molecule has 4 N–H and O–H groups in total. The van der Waals surface area contributed by atoms with Crippen LogP contribution in [0.3, 0.4) is 0 Å². The van der Waals surface area contributed by atoms with Crippen LogP contribution in [0.25, 0.3) is 0 Å². The van der Waals surface area contributed by atoms with E-state index in [9.17, 15) is 9.59 Å². The summed E-state index contributed by atoms with van der Waals surface area (Å²) in [5.74, 6) is 0.0931. The van der Waals surface area contributed by atoms with Crippen molar-refractivity contribution in [1.82, 2.24) is 10.6 Å². The van der Waals surface area contributed by atoms with Crippen molar-refractivity contribution < 1.29 is 9.59 Å². The molecule has 1 saturated heterocycles. The van der Waals surface area contributed by atoms with Gasteiger partial charge in [-0.3, -0.25) is 9.59 Å². The monoisotopic (exact) mass is 253 g/mol. The second-order valence-electron chi connectivity index (χ2n) is 5.46. The number of hydrogen-bond acceptors (Lipinski definition) is 3. The largest absolute Gasteiger partial charge is 0.354 e. The van der Waals surface area contributed by atoms with Crippen molar-refractivity contribution in [2.75, 3.05) is 6.54 Å². The Morgan fingerprint density at radius 3 is 2.78 bits per heavy atom. The Bertz CT molecular complexity index is 319. The van der Waals surface area contributed by atoms with Crippen LogP contribution in [-0.4, -0.2) is 30.4 Å². The van der Waals surface area contributed by atoms with Crippen LogP contribution < -0.4 is 16.4 Å². The van der Waals surface area contributed by atoms with Crippen LogP contribution in [-0.2, 0) is 9.59 Å². The number of rotatable bonds is 3. The average Bonchev–Trinajstić information content (AvgIpc) is 2.64. The van der Waals surface area contributed by atoms with Crippen molar-refractivity contribution in [3.8, 4) is 0 Å². The summed E-state index contributed by atoms with van der Waals surface area (Å²) in [6.07, 6.45) is 6.62. The molecule has 2 aliphatic rings. The topological polar surface area (TPSA) is 84.2 Å². The van der Waals surface area contributed by atoms with E-state index in [2.05, 4.69) is 10.6 Å². The molecule has 0 radical (unpaired) electrons. The molecule has 0 aromatic heterocycles. The lowest BCUT2D eigenvalue weighted by Crippen LogP contribution is -2.45. The highest BCUT2D eigenvalue weighted by Gasteiger charge is 2.28. The van der Waals surface area contributed by atoms with Crippen LogP contribution in [0.15, 0.2) is 0 Å². The fourth-order valence-electron chi connectivity index (χ4n) is 2.85. The summed E-state index contributed by atoms with van der Waals surface area (Å²) in [7, 11) is 0. The van der Waals surface area contributed by atoms with Gasteiger partial charge >= 0.3 is 0 Å². The molecule has 0 bridgehead atoms. The highest BCUT2D eigenvalue weighted by molar-refractivity contribution is 5.80. The molecule has 0 aromatic rings. The molecule has 3 unspecified atom stereocenters. The molecule has 1 heterocycles. The fourth-order valence-corrected chi connectivity index (χ4v) is 2.85. The first-order valence-electron chi connectivity index (χ1n) is 6.99. The van der Waals surface area contributed by atoms with Crippen molar-refractivity contribution in [1.29, 1.82) is 0 Å². The summed E-state index contributed by atoms with van der Waals surface area (Å²) < 4.78 is 0. The van der Waals surface area contributed by atoms with Gasteiger partial charge in [-0.2, -0.15) is 0 Å². The lowest BCUT2D eigenvalue weighted by Gasteiger charge is -2.21. The second-order valence-corrected chi connectivity index (χ2v) is 5.46. The first kappa shape index (κ1) is 13.3. The van der Waals surface area contributed by atoms with Gasteiger partial charge in [-0.1, -0.05) is 19.3 Å². The van der Waals surface area contributed by atoms with Gasteiger partial charge < -0.3 is 16.4 Å². The van der Waals surface area contributed by atoms with Crippen molar-refractivity contribution in [2.24, 2.45) is 11.7 Å². The van der Waals surface area contributed by atoms with Gasteiger partial charge in [0, 0.05) is 25.0 Å². The molecular formula is C13H23N3O2. The number of nitrogens with one attached hydrogen (secondary N) is 2. The first-order valence-corrected chi connectivity index (χ1v) is 6.99. The molecule has 5 heteroatoms. The summed E-state index contributed by atoms with van der Waals surface area (Å²) in [5.41, 5.74) is 6.06. The number of hydrogen-bond donors (Lipinski definition) is 3. The molecule has 18 heavy (non-hydrogen) atoms. The number of nitrogens with two attached hydrogens (primary N) is 1. The lowest BCUT2D eigenvalue weighted by molar-refractivity contribution is -0.126. The highest BCUT2D eigenvalue weighted by Crippen LogP contribution is 2.22. The molecule has 2 fully saturated rings. The number of carbonyl (C=O) groups is 2. The molecule has 2 amide bonds. The molecule has 0 spiro atoms. The van der Waals surface area contributed by atoms with Gasteiger partial charge in [0.1, 0.15) is 0 Å². The first-order chi connectivity index (χ1) is 8.66. The smallest absolute Gasteiger partial charge is 0.224 e. The van der Waals surface area contributed by atoms with Crippen LogP contribution in [0.5, 0.6) is 0 Å². The van der Waals surface area contributed by atoms with Gasteiger partial charge in [-0.15, -0.1) is 0 Å². The van der Waals surface area contributed by atoms with Crippen LogP contribution in [0.2, 0.25) is 0 Å². The minimum Gasteiger partial charge on any atom is -0.354 e. The van der Waals surface area contributed by atoms with Crippen molar-refractivity contribution in [3.05, 3.63) is 0 Å². The van der Waals surface area contributed by atoms with E-state index in [-0.39, 0.29) is 29.8 Å². The molecule has 1 aliphatic carbocycles. The summed E-state index contributed by atoms with van der Waals surface area (Å²) in [4.78, 5) is 23.1. The Morgan fingerprint density at radius 2 is 2.06 bits per heavy atom. The zero-order chi connectivity index (χ0) is 13.0. The predicted octanol–water partition coefficient (Wildman–Crippen LogP) is 0.289. The predicted molar refractivity (Wildman–Crippen MR) is 68.7 cm³/mol. The van der Waals surface area contributed by atoms with E-state index in [1.807, 2.05) is 0 Å². The standard InChI is InChI=1S/C13H23N3O2/c14-11-5-3-1-2-4-10(11)13(18)15-8-9-6-7-12(17)16-9/h9-11H,1-8,14H2,(H,15,18)(H,16,17). The Hall–Kier alpha value is -1.10. The molecular weight excluding hydrogens is 230 g/mol. The van der Waals surface area contributed by atoms with Crippen molar-refractivity contribution in [2.45, 2.75) is 57.0 Å². The third-order valence-corrected chi connectivity index (χ3v) is 4.01. The average molecular weight is 253 g/mol. The molecule has 1 saturated carbocycles. The SMILES string of the molecule is NC1CCCCCC1C(=O)NCC1CCC(=O)N1. The summed E-state index contributed by atoms with van der Waals surface area (Å²) in [6, 6.07) is 0.0918. The quantitative estimate of drug-likeness (QED) is 0.632. The molecule has 2 rings (SSSR count). The molecule has 102 valence electrons. The van der Waals surface area contributed by atoms with Crippen molar-refractivity contribution >= 4 is 11.8 Å². The van der Waals surface area contributed by atoms with Crippen LogP contribution in [0.4, 0.5) is 0 Å². The summed E-state index contributed by atoms with van der Waals surface area (Å²) in [6.45, 7) is 0.536. The number of amides is 2. The Morgan fingerprint density at radius 1 is 1.28 bits per heavy atom. The zero-order valence-electron chi connectivity index (χ0n) is 10.8. The van der Waals surface area contributed by atoms with Crippen LogP contribution in [0.1, 0.15) is 44.9 Å². The van der Waals surface area contributed by atoms with Crippen LogP contribution >= 0.6 is 0 Å². The maximum atomic E-state index is 12.1. The van der Waals surface area contributed by atoms with E-state index >= 15 is 0 Å². The van der Waals surface area contributed by atoms with E-state index in [1.54, 1.807) is 0 Å². The molecule has 5 nitrogen and oxygen atoms in total. The third-order valence-electron chi connectivity index (χ3n) is 4.01. The van der Waals surface area contributed by atoms with E-state index in [4.69, 9.17) is 5.73 Å². The van der Waals surface area contributed by atoms with Gasteiger partial charge in [-0.25, -0.2) is 0 Å². The summed E-state index contributed by atoms with van der Waals surface area (Å²) >= 11 is 0. The second kappa shape index (κ2) is 6.18. The Balaban J connectivity index is 1.77. The van der Waals surface area contributed by atoms with E-state index in [1.165, 1.54) is 6.42 Å². The Labute approximate surface area is 108 Å². The maximum absolute atomic E-state index is 12.1. The van der Waals surface area contributed by atoms with Crippen molar-refractivity contribution in [3.63, 3.8) is 0 Å². The van der Waals surface area contributed by atoms with Gasteiger partial charge in [0.15, 0.2) is 0 Å².